The highest BCUT2D eigenvalue weighted by atomic mass is 19.1. The smallest absolute Gasteiger partial charge is 0.251 e. The molecule has 0 heterocycles. The van der Waals surface area contributed by atoms with Crippen LogP contribution < -0.4 is 16.6 Å². The van der Waals surface area contributed by atoms with E-state index in [1.807, 2.05) is 19.3 Å². The van der Waals surface area contributed by atoms with E-state index in [2.05, 4.69) is 5.32 Å². The lowest BCUT2D eigenvalue weighted by atomic mass is 10.0. The highest BCUT2D eigenvalue weighted by molar-refractivity contribution is 5.94. The van der Waals surface area contributed by atoms with Gasteiger partial charge in [0.2, 0.25) is 0 Å². The van der Waals surface area contributed by atoms with Gasteiger partial charge in [-0.1, -0.05) is 26.7 Å². The van der Waals surface area contributed by atoms with Crippen molar-refractivity contribution in [2.24, 2.45) is 11.8 Å². The average molecular weight is 271 g/mol. The van der Waals surface area contributed by atoms with Gasteiger partial charge in [0.15, 0.2) is 11.6 Å². The monoisotopic (exact) mass is 271 g/mol. The maximum Gasteiger partial charge on any atom is 0.251 e. The van der Waals surface area contributed by atoms with Crippen molar-refractivity contribution in [3.05, 3.63) is 29.3 Å². The number of carbonyl (C=O) groups is 1. The molecule has 1 amide bonds. The predicted octanol–water partition coefficient (Wildman–Crippen LogP) is 2.42. The number of nitrogens with one attached hydrogen (secondary N) is 2. The summed E-state index contributed by atoms with van der Waals surface area (Å²) in [6.07, 6.45) is 1.88. The number of rotatable bonds is 6. The maximum atomic E-state index is 13.4. The van der Waals surface area contributed by atoms with E-state index in [-0.39, 0.29) is 5.56 Å². The fourth-order valence-corrected chi connectivity index (χ4v) is 1.76. The zero-order chi connectivity index (χ0) is 14.4. The third kappa shape index (κ3) is 3.89. The number of benzene rings is 1. The Morgan fingerprint density at radius 2 is 1.79 bits per heavy atom. The van der Waals surface area contributed by atoms with E-state index in [1.54, 1.807) is 0 Å². The molecule has 0 saturated carbocycles. The molecule has 19 heavy (non-hydrogen) atoms. The number of nitrogens with two attached hydrogens (primary N) is 1. The second-order valence-electron chi connectivity index (χ2n) is 4.35. The van der Waals surface area contributed by atoms with Crippen LogP contribution in [-0.4, -0.2) is 12.5 Å². The minimum absolute atomic E-state index is 0.0556. The molecule has 1 aromatic carbocycles. The number of hydrogen-bond donors (Lipinski definition) is 3. The maximum absolute atomic E-state index is 13.4. The minimum Gasteiger partial charge on any atom is -0.352 e. The Hall–Kier alpha value is -1.69. The summed E-state index contributed by atoms with van der Waals surface area (Å²) in [6.45, 7) is 4.55. The second-order valence-corrected chi connectivity index (χ2v) is 4.35. The SMILES string of the molecule is CCC(CC)CNC(=O)c1cc(F)c(NN)c(F)c1. The van der Waals surface area contributed by atoms with E-state index in [0.29, 0.717) is 12.5 Å². The minimum atomic E-state index is -0.893. The zero-order valence-corrected chi connectivity index (χ0v) is 11.1. The molecule has 0 bridgehead atoms. The molecule has 1 aromatic rings. The summed E-state index contributed by atoms with van der Waals surface area (Å²) in [5.74, 6) is 3.07. The van der Waals surface area contributed by atoms with Gasteiger partial charge >= 0.3 is 0 Å². The van der Waals surface area contributed by atoms with Gasteiger partial charge in [-0.05, 0) is 18.1 Å². The molecular formula is C13H19F2N3O. The van der Waals surface area contributed by atoms with Crippen LogP contribution in [0, 0.1) is 17.6 Å². The van der Waals surface area contributed by atoms with Crippen molar-refractivity contribution in [2.45, 2.75) is 26.7 Å². The molecule has 0 aromatic heterocycles. The summed E-state index contributed by atoms with van der Waals surface area (Å²) in [4.78, 5) is 11.8. The van der Waals surface area contributed by atoms with Crippen molar-refractivity contribution < 1.29 is 13.6 Å². The molecule has 4 N–H and O–H groups in total. The molecule has 106 valence electrons. The van der Waals surface area contributed by atoms with Gasteiger partial charge in [-0.15, -0.1) is 0 Å². The van der Waals surface area contributed by atoms with Gasteiger partial charge in [0, 0.05) is 12.1 Å². The van der Waals surface area contributed by atoms with Crippen LogP contribution in [0.25, 0.3) is 0 Å². The Kier molecular flexibility index (Phi) is 5.69. The van der Waals surface area contributed by atoms with E-state index < -0.39 is 23.2 Å². The lowest BCUT2D eigenvalue weighted by molar-refractivity contribution is 0.0945. The van der Waals surface area contributed by atoms with Crippen molar-refractivity contribution in [1.82, 2.24) is 5.32 Å². The zero-order valence-electron chi connectivity index (χ0n) is 11.1. The third-order valence-corrected chi connectivity index (χ3v) is 3.15. The Morgan fingerprint density at radius 1 is 1.26 bits per heavy atom. The lowest BCUT2D eigenvalue weighted by Gasteiger charge is -2.13. The van der Waals surface area contributed by atoms with E-state index in [4.69, 9.17) is 5.84 Å². The topological polar surface area (TPSA) is 67.2 Å². The van der Waals surface area contributed by atoms with Crippen molar-refractivity contribution in [3.8, 4) is 0 Å². The molecule has 0 fully saturated rings. The summed E-state index contributed by atoms with van der Waals surface area (Å²) in [5, 5.41) is 2.67. The first-order valence-corrected chi connectivity index (χ1v) is 6.27. The molecule has 0 unspecified atom stereocenters. The van der Waals surface area contributed by atoms with Crippen LogP contribution in [0.2, 0.25) is 0 Å². The summed E-state index contributed by atoms with van der Waals surface area (Å²) in [5.41, 5.74) is 1.41. The molecule has 0 aliphatic carbocycles. The Bertz CT molecular complexity index is 425. The molecule has 6 heteroatoms. The fourth-order valence-electron chi connectivity index (χ4n) is 1.76. The molecule has 0 aliphatic rings. The van der Waals surface area contributed by atoms with E-state index in [1.165, 1.54) is 0 Å². The van der Waals surface area contributed by atoms with Crippen LogP contribution in [0.4, 0.5) is 14.5 Å². The van der Waals surface area contributed by atoms with Crippen LogP contribution in [0.1, 0.15) is 37.0 Å². The van der Waals surface area contributed by atoms with Crippen molar-refractivity contribution in [2.75, 3.05) is 12.0 Å². The number of anilines is 1. The van der Waals surface area contributed by atoms with E-state index in [9.17, 15) is 13.6 Å². The van der Waals surface area contributed by atoms with E-state index in [0.717, 1.165) is 25.0 Å². The van der Waals surface area contributed by atoms with Gasteiger partial charge in [0.05, 0.1) is 0 Å². The van der Waals surface area contributed by atoms with Gasteiger partial charge in [-0.2, -0.15) is 0 Å². The fraction of sp³-hybridized carbons (Fsp3) is 0.462. The van der Waals surface area contributed by atoms with Crippen LogP contribution in [0.15, 0.2) is 12.1 Å². The molecule has 0 radical (unpaired) electrons. The largest absolute Gasteiger partial charge is 0.352 e. The number of hydrazine groups is 1. The molecule has 0 spiro atoms. The number of nitrogen functional groups attached to an aromatic ring is 1. The highest BCUT2D eigenvalue weighted by Crippen LogP contribution is 2.19. The van der Waals surface area contributed by atoms with Gasteiger partial charge in [-0.3, -0.25) is 10.6 Å². The first kappa shape index (κ1) is 15.4. The summed E-state index contributed by atoms with van der Waals surface area (Å²) >= 11 is 0. The second kappa shape index (κ2) is 7.04. The molecule has 0 atom stereocenters. The summed E-state index contributed by atoms with van der Waals surface area (Å²) in [6, 6.07) is 1.92. The first-order chi connectivity index (χ1) is 9.03. The Balaban J connectivity index is 2.78. The number of hydrogen-bond acceptors (Lipinski definition) is 3. The van der Waals surface area contributed by atoms with Gasteiger partial charge < -0.3 is 10.7 Å². The normalized spacial score (nSPS) is 10.6. The van der Waals surface area contributed by atoms with Crippen LogP contribution >= 0.6 is 0 Å². The quantitative estimate of drug-likeness (QED) is 0.550. The molecule has 4 nitrogen and oxygen atoms in total. The van der Waals surface area contributed by atoms with Crippen LogP contribution in [0.5, 0.6) is 0 Å². The van der Waals surface area contributed by atoms with Crippen LogP contribution in [0.3, 0.4) is 0 Å². The van der Waals surface area contributed by atoms with E-state index >= 15 is 0 Å². The molecular weight excluding hydrogens is 252 g/mol. The third-order valence-electron chi connectivity index (χ3n) is 3.15. The predicted molar refractivity (Wildman–Crippen MR) is 70.6 cm³/mol. The average Bonchev–Trinajstić information content (AvgIpc) is 2.39. The molecule has 1 rings (SSSR count). The van der Waals surface area contributed by atoms with Gasteiger partial charge in [0.1, 0.15) is 5.69 Å². The number of carbonyl (C=O) groups excluding carboxylic acids is 1. The Labute approximate surface area is 111 Å². The first-order valence-electron chi connectivity index (χ1n) is 6.27. The van der Waals surface area contributed by atoms with Gasteiger partial charge in [-0.25, -0.2) is 8.78 Å². The van der Waals surface area contributed by atoms with Crippen molar-refractivity contribution in [1.29, 1.82) is 0 Å². The molecule has 0 aliphatic heterocycles. The standard InChI is InChI=1S/C13H19F2N3O/c1-3-8(4-2)7-17-13(19)9-5-10(14)12(18-16)11(15)6-9/h5-6,8,18H,3-4,7,16H2,1-2H3,(H,17,19). The van der Waals surface area contributed by atoms with Crippen molar-refractivity contribution in [3.63, 3.8) is 0 Å². The van der Waals surface area contributed by atoms with Crippen molar-refractivity contribution >= 4 is 11.6 Å². The summed E-state index contributed by atoms with van der Waals surface area (Å²) < 4.78 is 26.9. The van der Waals surface area contributed by atoms with Gasteiger partial charge in [0.25, 0.3) is 5.91 Å². The summed E-state index contributed by atoms with van der Waals surface area (Å²) in [7, 11) is 0. The highest BCUT2D eigenvalue weighted by Gasteiger charge is 2.15. The molecule has 0 saturated heterocycles. The lowest BCUT2D eigenvalue weighted by Crippen LogP contribution is -2.29. The number of amides is 1. The Morgan fingerprint density at radius 3 is 2.21 bits per heavy atom. The van der Waals surface area contributed by atoms with Crippen LogP contribution in [-0.2, 0) is 0 Å². The number of halogens is 2.